The van der Waals surface area contributed by atoms with Gasteiger partial charge in [0.15, 0.2) is 5.82 Å². The summed E-state index contributed by atoms with van der Waals surface area (Å²) in [5.74, 6) is 0.357. The van der Waals surface area contributed by atoms with Gasteiger partial charge in [-0.3, -0.25) is 10.4 Å². The van der Waals surface area contributed by atoms with Gasteiger partial charge in [-0.05, 0) is 18.2 Å². The largest absolute Gasteiger partial charge is 0.363 e. The minimum Gasteiger partial charge on any atom is -0.363 e. The van der Waals surface area contributed by atoms with Crippen LogP contribution in [-0.4, -0.2) is 21.4 Å². The second-order valence-corrected chi connectivity index (χ2v) is 3.64. The van der Waals surface area contributed by atoms with Crippen molar-refractivity contribution < 1.29 is 9.32 Å². The Kier molecular flexibility index (Phi) is 2.41. The molecule has 0 radical (unpaired) electrons. The van der Waals surface area contributed by atoms with E-state index in [2.05, 4.69) is 30.5 Å². The molecule has 0 saturated heterocycles. The van der Waals surface area contributed by atoms with Crippen LogP contribution in [0.25, 0.3) is 10.9 Å². The van der Waals surface area contributed by atoms with Crippen LogP contribution in [0.5, 0.6) is 0 Å². The lowest BCUT2D eigenvalue weighted by atomic mass is 10.2. The number of rotatable bonds is 2. The third kappa shape index (κ3) is 2.01. The molecule has 0 spiro atoms. The number of carbonyl (C=O) groups excluding carboxylic acids is 1. The molecular weight excluding hydrogens is 234 g/mol. The molecule has 3 N–H and O–H groups in total. The van der Waals surface area contributed by atoms with Crippen molar-refractivity contribution in [2.24, 2.45) is 0 Å². The number of amides is 2. The highest BCUT2D eigenvalue weighted by Crippen LogP contribution is 2.16. The average Bonchev–Trinajstić information content (AvgIpc) is 2.98. The first-order valence-corrected chi connectivity index (χ1v) is 5.23. The first kappa shape index (κ1) is 10.3. The summed E-state index contributed by atoms with van der Waals surface area (Å²) in [5.41, 5.74) is 1.52. The van der Waals surface area contributed by atoms with Gasteiger partial charge in [0.25, 0.3) is 0 Å². The zero-order chi connectivity index (χ0) is 12.4. The Hall–Kier alpha value is -2.83. The number of fused-ring (bicyclic) bond motifs is 1. The summed E-state index contributed by atoms with van der Waals surface area (Å²) in [6.45, 7) is 0. The third-order valence-electron chi connectivity index (χ3n) is 2.38. The summed E-state index contributed by atoms with van der Waals surface area (Å²) in [5, 5.41) is 16.5. The Morgan fingerprint density at radius 1 is 1.28 bits per heavy atom. The van der Waals surface area contributed by atoms with Gasteiger partial charge in [0, 0.05) is 17.1 Å². The standard InChI is InChI=1S/C11H9N5O2/c17-11(14-10-3-4-18-16-10)13-8-2-1-7-6-12-15-9(7)5-8/h1-6H,(H,12,15)(H2,13,14,16,17). The molecular formula is C11H9N5O2. The van der Waals surface area contributed by atoms with Gasteiger partial charge in [-0.25, -0.2) is 4.79 Å². The smallest absolute Gasteiger partial charge is 0.324 e. The zero-order valence-corrected chi connectivity index (χ0v) is 9.18. The van der Waals surface area contributed by atoms with Crippen molar-refractivity contribution >= 4 is 28.4 Å². The molecule has 2 heterocycles. The Morgan fingerprint density at radius 2 is 2.22 bits per heavy atom. The van der Waals surface area contributed by atoms with Gasteiger partial charge in [-0.15, -0.1) is 0 Å². The number of aromatic nitrogens is 3. The summed E-state index contributed by atoms with van der Waals surface area (Å²) in [6, 6.07) is 6.62. The van der Waals surface area contributed by atoms with E-state index in [0.29, 0.717) is 11.5 Å². The van der Waals surface area contributed by atoms with E-state index in [9.17, 15) is 4.79 Å². The third-order valence-corrected chi connectivity index (χ3v) is 2.38. The molecule has 0 unspecified atom stereocenters. The molecule has 0 aliphatic carbocycles. The number of anilines is 2. The summed E-state index contributed by atoms with van der Waals surface area (Å²) < 4.78 is 4.61. The number of carbonyl (C=O) groups is 1. The molecule has 0 saturated carbocycles. The van der Waals surface area contributed by atoms with Crippen LogP contribution < -0.4 is 10.6 Å². The molecule has 0 atom stereocenters. The Morgan fingerprint density at radius 3 is 3.06 bits per heavy atom. The maximum absolute atomic E-state index is 11.6. The minimum atomic E-state index is -0.386. The molecule has 3 aromatic rings. The molecule has 90 valence electrons. The van der Waals surface area contributed by atoms with E-state index in [1.54, 1.807) is 24.4 Å². The van der Waals surface area contributed by atoms with E-state index in [1.165, 1.54) is 6.26 Å². The summed E-state index contributed by atoms with van der Waals surface area (Å²) in [4.78, 5) is 11.6. The number of urea groups is 1. The monoisotopic (exact) mass is 243 g/mol. The van der Waals surface area contributed by atoms with Crippen LogP contribution in [0.15, 0.2) is 41.2 Å². The van der Waals surface area contributed by atoms with E-state index < -0.39 is 0 Å². The lowest BCUT2D eigenvalue weighted by Gasteiger charge is -2.04. The van der Waals surface area contributed by atoms with Gasteiger partial charge in [-0.1, -0.05) is 5.16 Å². The van der Waals surface area contributed by atoms with Crippen molar-refractivity contribution in [3.63, 3.8) is 0 Å². The molecule has 2 aromatic heterocycles. The van der Waals surface area contributed by atoms with E-state index in [4.69, 9.17) is 0 Å². The number of hydrogen-bond donors (Lipinski definition) is 3. The maximum Gasteiger partial charge on any atom is 0.324 e. The van der Waals surface area contributed by atoms with Crippen LogP contribution in [0, 0.1) is 0 Å². The van der Waals surface area contributed by atoms with Gasteiger partial charge in [-0.2, -0.15) is 5.10 Å². The zero-order valence-electron chi connectivity index (χ0n) is 9.18. The fourth-order valence-corrected chi connectivity index (χ4v) is 1.57. The quantitative estimate of drug-likeness (QED) is 0.642. The van der Waals surface area contributed by atoms with Crippen LogP contribution in [0.3, 0.4) is 0 Å². The molecule has 0 fully saturated rings. The Labute approximate surface area is 101 Å². The van der Waals surface area contributed by atoms with Crippen molar-refractivity contribution in [1.82, 2.24) is 15.4 Å². The number of hydrogen-bond acceptors (Lipinski definition) is 4. The van der Waals surface area contributed by atoms with Crippen molar-refractivity contribution in [1.29, 1.82) is 0 Å². The minimum absolute atomic E-state index is 0.357. The SMILES string of the molecule is O=C(Nc1ccc2cn[nH]c2c1)Nc1ccon1. The van der Waals surface area contributed by atoms with E-state index in [0.717, 1.165) is 10.9 Å². The highest BCUT2D eigenvalue weighted by atomic mass is 16.5. The van der Waals surface area contributed by atoms with Crippen LogP contribution in [-0.2, 0) is 0 Å². The molecule has 0 aliphatic heterocycles. The van der Waals surface area contributed by atoms with Gasteiger partial charge in [0.1, 0.15) is 6.26 Å². The Balaban J connectivity index is 1.73. The molecule has 7 nitrogen and oxygen atoms in total. The molecule has 3 rings (SSSR count). The molecule has 7 heteroatoms. The average molecular weight is 243 g/mol. The highest BCUT2D eigenvalue weighted by Gasteiger charge is 2.05. The fraction of sp³-hybridized carbons (Fsp3) is 0. The number of nitrogens with one attached hydrogen (secondary N) is 3. The second kappa shape index (κ2) is 4.21. The molecule has 18 heavy (non-hydrogen) atoms. The first-order chi connectivity index (χ1) is 8.81. The predicted octanol–water partition coefficient (Wildman–Crippen LogP) is 2.19. The van der Waals surface area contributed by atoms with Crippen LogP contribution in [0.1, 0.15) is 0 Å². The lowest BCUT2D eigenvalue weighted by Crippen LogP contribution is -2.19. The number of benzene rings is 1. The number of H-pyrrole nitrogens is 1. The van der Waals surface area contributed by atoms with Crippen molar-refractivity contribution in [3.05, 3.63) is 36.7 Å². The van der Waals surface area contributed by atoms with Gasteiger partial charge in [0.2, 0.25) is 0 Å². The molecule has 0 bridgehead atoms. The first-order valence-electron chi connectivity index (χ1n) is 5.23. The summed E-state index contributed by atoms with van der Waals surface area (Å²) >= 11 is 0. The van der Waals surface area contributed by atoms with Gasteiger partial charge in [0.05, 0.1) is 11.7 Å². The summed E-state index contributed by atoms with van der Waals surface area (Å²) in [6.07, 6.45) is 3.10. The number of aromatic amines is 1. The molecule has 1 aromatic carbocycles. The lowest BCUT2D eigenvalue weighted by molar-refractivity contribution is 0.262. The molecule has 2 amide bonds. The topological polar surface area (TPSA) is 95.8 Å². The van der Waals surface area contributed by atoms with Crippen molar-refractivity contribution in [3.8, 4) is 0 Å². The van der Waals surface area contributed by atoms with E-state index >= 15 is 0 Å². The maximum atomic E-state index is 11.6. The van der Waals surface area contributed by atoms with Gasteiger partial charge >= 0.3 is 6.03 Å². The molecule has 0 aliphatic rings. The number of nitrogens with zero attached hydrogens (tertiary/aromatic N) is 2. The Bertz CT molecular complexity index is 674. The second-order valence-electron chi connectivity index (χ2n) is 3.64. The van der Waals surface area contributed by atoms with E-state index in [-0.39, 0.29) is 6.03 Å². The fourth-order valence-electron chi connectivity index (χ4n) is 1.57. The van der Waals surface area contributed by atoms with E-state index in [1.807, 2.05) is 6.07 Å². The normalized spacial score (nSPS) is 10.4. The summed E-state index contributed by atoms with van der Waals surface area (Å²) in [7, 11) is 0. The highest BCUT2D eigenvalue weighted by molar-refractivity contribution is 6.00. The van der Waals surface area contributed by atoms with Gasteiger partial charge < -0.3 is 9.84 Å². The van der Waals surface area contributed by atoms with Crippen LogP contribution in [0.4, 0.5) is 16.3 Å². The van der Waals surface area contributed by atoms with Crippen molar-refractivity contribution in [2.45, 2.75) is 0 Å². The van der Waals surface area contributed by atoms with Crippen molar-refractivity contribution in [2.75, 3.05) is 10.6 Å². The van der Waals surface area contributed by atoms with Crippen LogP contribution in [0.2, 0.25) is 0 Å². The predicted molar refractivity (Wildman–Crippen MR) is 65.2 cm³/mol. The van der Waals surface area contributed by atoms with Crippen LogP contribution >= 0.6 is 0 Å².